The molecular formula is C46H49N5O17PS+. The number of carbonyl (C=O) groups is 3. The van der Waals surface area contributed by atoms with Crippen molar-refractivity contribution in [2.45, 2.75) is 68.9 Å². The van der Waals surface area contributed by atoms with E-state index >= 15 is 0 Å². The van der Waals surface area contributed by atoms with Gasteiger partial charge in [-0.2, -0.15) is 18.5 Å². The summed E-state index contributed by atoms with van der Waals surface area (Å²) in [4.78, 5) is 88.9. The molecule has 370 valence electrons. The largest absolute Gasteiger partial charge is 0.572 e. The standard InChI is InChI=1S/C46H48N5O17PS/c1-23-20-51(46(62)47-41(23)56)39-18-33(54)36(68-39)22-66-69(63,64-2)65-13-14-70-37-19-38(55)50(44(37)59)21-24-3-5-25(6-4-24)42(57)48-49-43(58)26-7-10-29(45(60)61)32(15-26)40-30-11-8-27(52)16-34(30)67-35-17-28(53)9-12-31(35)40/h7-12,15-17,19-20,24-25,33,36,39,54,63H,3-6,13-14,18,21-22H2,1-2H3,(H6-,47,48,49,52,53,55,56,57,58,59,60,61,62)/p+1/t24?,25?,33?,36-,39-,69?/m1/s1. The van der Waals surface area contributed by atoms with Gasteiger partial charge in [-0.15, -0.1) is 11.8 Å². The lowest BCUT2D eigenvalue weighted by Gasteiger charge is -2.28. The van der Waals surface area contributed by atoms with E-state index in [0.717, 1.165) is 16.3 Å². The highest BCUT2D eigenvalue weighted by atomic mass is 32.2. The number of hydrazine groups is 1. The van der Waals surface area contributed by atoms with Crippen LogP contribution in [-0.4, -0.2) is 101 Å². The number of aliphatic hydroxyl groups is 1. The van der Waals surface area contributed by atoms with Gasteiger partial charge in [0, 0.05) is 76.7 Å². The maximum Gasteiger partial charge on any atom is 0.572 e. The van der Waals surface area contributed by atoms with Crippen LogP contribution < -0.4 is 27.5 Å². The predicted octanol–water partition coefficient (Wildman–Crippen LogP) is 4.40. The number of aryl methyl sites for hydroxylation is 1. The van der Waals surface area contributed by atoms with Crippen molar-refractivity contribution in [3.63, 3.8) is 0 Å². The molecule has 2 fully saturated rings. The minimum absolute atomic E-state index is 0.0174. The monoisotopic (exact) mass is 1010 g/mol. The lowest BCUT2D eigenvalue weighted by Crippen LogP contribution is -2.45. The van der Waals surface area contributed by atoms with Crippen molar-refractivity contribution in [2.75, 3.05) is 26.1 Å². The topological polar surface area (TPSA) is 324 Å². The van der Waals surface area contributed by atoms with Crippen LogP contribution in [0.5, 0.6) is 17.5 Å². The van der Waals surface area contributed by atoms with Crippen LogP contribution in [0.25, 0.3) is 33.4 Å². The van der Waals surface area contributed by atoms with Crippen LogP contribution in [-0.2, 0) is 29.6 Å². The molecule has 0 spiro atoms. The van der Waals surface area contributed by atoms with Gasteiger partial charge in [0.2, 0.25) is 11.8 Å². The second-order valence-corrected chi connectivity index (χ2v) is 19.8. The Hall–Kier alpha value is -6.56. The number of rotatable bonds is 16. The maximum atomic E-state index is 13.5. The number of phenolic OH excluding ortho intramolecular Hbond substituents is 1. The van der Waals surface area contributed by atoms with Gasteiger partial charge in [0.25, 0.3) is 11.5 Å². The van der Waals surface area contributed by atoms with Gasteiger partial charge in [-0.1, -0.05) is 0 Å². The Bertz CT molecular complexity index is 3110. The van der Waals surface area contributed by atoms with Crippen LogP contribution >= 0.6 is 19.9 Å². The van der Waals surface area contributed by atoms with E-state index in [9.17, 15) is 59.2 Å². The fourth-order valence-corrected chi connectivity index (χ4v) is 10.5. The third-order valence-corrected chi connectivity index (χ3v) is 14.7. The minimum Gasteiger partial charge on any atom is -0.508 e. The summed E-state index contributed by atoms with van der Waals surface area (Å²) in [5, 5.41) is 53.0. The lowest BCUT2D eigenvalue weighted by atomic mass is 9.81. The number of hydrogen-bond donors (Lipinski definition) is 9. The summed E-state index contributed by atoms with van der Waals surface area (Å²) >= 11 is 1.14. The Balaban J connectivity index is 0.811. The lowest BCUT2D eigenvalue weighted by molar-refractivity contribution is -0.127. The van der Waals surface area contributed by atoms with E-state index in [1.165, 1.54) is 85.5 Å². The number of aromatic nitrogens is 3. The molecule has 0 bridgehead atoms. The van der Waals surface area contributed by atoms with Crippen LogP contribution in [0.15, 0.2) is 90.6 Å². The molecule has 2 aliphatic carbocycles. The molecule has 8 rings (SSSR count). The number of H-pyrrole nitrogens is 1. The first-order valence-electron chi connectivity index (χ1n) is 22.0. The first-order valence-corrected chi connectivity index (χ1v) is 24.4. The van der Waals surface area contributed by atoms with Crippen LogP contribution in [0.2, 0.25) is 0 Å². The zero-order valence-electron chi connectivity index (χ0n) is 37.5. The minimum atomic E-state index is -3.90. The van der Waals surface area contributed by atoms with Crippen molar-refractivity contribution in [3.8, 4) is 40.0 Å². The quantitative estimate of drug-likeness (QED) is 0.0213. The molecule has 4 heterocycles. The van der Waals surface area contributed by atoms with E-state index in [4.69, 9.17) is 22.7 Å². The number of amides is 2. The molecule has 4 aliphatic rings. The van der Waals surface area contributed by atoms with Gasteiger partial charge >= 0.3 is 19.8 Å². The number of benzene rings is 3. The molecule has 70 heavy (non-hydrogen) atoms. The van der Waals surface area contributed by atoms with Gasteiger partial charge < -0.3 is 34.7 Å². The molecule has 4 aromatic rings. The van der Waals surface area contributed by atoms with Crippen molar-refractivity contribution in [3.05, 3.63) is 115 Å². The fraction of sp³-hybridized carbons (Fsp3) is 0.348. The zero-order valence-corrected chi connectivity index (χ0v) is 39.2. The summed E-state index contributed by atoms with van der Waals surface area (Å²) < 4.78 is 30.3. The number of aliphatic hydroxyl groups excluding tert-OH is 1. The van der Waals surface area contributed by atoms with Crippen molar-refractivity contribution < 1.29 is 67.5 Å². The number of aromatic carboxylic acids is 1. The Morgan fingerprint density at radius 1 is 0.943 bits per heavy atom. The normalized spacial score (nSPS) is 20.1. The number of carbonyl (C=O) groups excluding carboxylic acids is 2. The molecule has 22 nitrogen and oxygen atoms in total. The van der Waals surface area contributed by atoms with Crippen LogP contribution in [0.1, 0.15) is 64.6 Å². The Morgan fingerprint density at radius 2 is 1.71 bits per heavy atom. The number of thioether (sulfide) groups is 1. The number of carboxylic acid groups (broad SMARTS) is 1. The van der Waals surface area contributed by atoms with Crippen molar-refractivity contribution in [1.82, 2.24) is 25.0 Å². The second-order valence-electron chi connectivity index (χ2n) is 16.9. The summed E-state index contributed by atoms with van der Waals surface area (Å²) in [5.74, 6) is -3.08. The fourth-order valence-electron chi connectivity index (χ4n) is 8.62. The van der Waals surface area contributed by atoms with E-state index in [2.05, 4.69) is 15.8 Å². The number of carboxylic acids is 1. The Kier molecular flexibility index (Phi) is 14.8. The van der Waals surface area contributed by atoms with Gasteiger partial charge in [-0.25, -0.2) is 9.59 Å². The molecule has 2 aromatic heterocycles. The molecule has 0 radical (unpaired) electrons. The van der Waals surface area contributed by atoms with Crippen molar-refractivity contribution in [2.24, 2.45) is 11.8 Å². The smallest absolute Gasteiger partial charge is 0.508 e. The molecule has 2 unspecified atom stereocenters. The summed E-state index contributed by atoms with van der Waals surface area (Å²) in [7, 11) is -2.72. The van der Waals surface area contributed by atoms with Crippen molar-refractivity contribution >= 4 is 48.7 Å². The van der Waals surface area contributed by atoms with Gasteiger partial charge in [-0.05, 0) is 86.6 Å². The molecule has 1 saturated heterocycles. The highest BCUT2D eigenvalue weighted by molar-refractivity contribution is 7.99. The maximum absolute atomic E-state index is 13.5. The number of nitrogens with one attached hydrogen (secondary N) is 3. The Labute approximate surface area is 401 Å². The molecule has 2 aliphatic heterocycles. The molecule has 2 aromatic carbocycles. The molecule has 9 N–H and O–H groups in total. The molecule has 2 amide bonds. The third-order valence-electron chi connectivity index (χ3n) is 12.3. The van der Waals surface area contributed by atoms with Gasteiger partial charge in [-0.3, -0.25) is 44.1 Å². The predicted molar refractivity (Wildman–Crippen MR) is 251 cm³/mol. The zero-order chi connectivity index (χ0) is 50.0. The summed E-state index contributed by atoms with van der Waals surface area (Å²) in [5.41, 5.74) is 4.51. The summed E-state index contributed by atoms with van der Waals surface area (Å²) in [6, 6.07) is 13.6. The first-order chi connectivity index (χ1) is 33.4. The molecular weight excluding hydrogens is 958 g/mol. The number of fused-ring (bicyclic) bond motifs is 2. The average Bonchev–Trinajstić information content (AvgIpc) is 3.84. The SMILES string of the molecule is CO[P+](O)(OCCSc1cc(O)n(CC2CCC(C(=O)NNC(=O)c3ccc(C(=O)O)c(-c4c5ccc(=O)cc-5oc5cc(O)ccc45)c3)CC2)c1O)OC[C@H]1O[C@@H](n2cc(C)c(=O)[nH]c2=O)CC1O. The average molecular weight is 1010 g/mol. The summed E-state index contributed by atoms with van der Waals surface area (Å²) in [6.07, 6.45) is 0.427. The van der Waals surface area contributed by atoms with E-state index < -0.39 is 61.6 Å². The first kappa shape index (κ1) is 49.8. The number of aromatic hydroxyl groups is 3. The van der Waals surface area contributed by atoms with E-state index in [-0.39, 0.29) is 94.4 Å². The van der Waals surface area contributed by atoms with Crippen LogP contribution in [0.4, 0.5) is 0 Å². The number of aromatic amines is 1. The van der Waals surface area contributed by atoms with Gasteiger partial charge in [0.05, 0.1) is 23.7 Å². The van der Waals surface area contributed by atoms with Crippen LogP contribution in [0.3, 0.4) is 0 Å². The summed E-state index contributed by atoms with van der Waals surface area (Å²) in [6.45, 7) is 1.32. The molecule has 24 heteroatoms. The van der Waals surface area contributed by atoms with Crippen molar-refractivity contribution in [1.29, 1.82) is 0 Å². The number of nitrogens with zero attached hydrogens (tertiary/aromatic N) is 2. The Morgan fingerprint density at radius 3 is 2.46 bits per heavy atom. The number of ether oxygens (including phenoxy) is 1. The second kappa shape index (κ2) is 20.8. The van der Waals surface area contributed by atoms with E-state index in [0.29, 0.717) is 47.1 Å². The highest BCUT2D eigenvalue weighted by Gasteiger charge is 2.47. The number of phenols is 1. The van der Waals surface area contributed by atoms with Gasteiger partial charge in [0.15, 0.2) is 11.3 Å². The molecule has 1 saturated carbocycles. The highest BCUT2D eigenvalue weighted by Crippen LogP contribution is 2.58. The number of hydrogen-bond acceptors (Lipinski definition) is 17. The molecule has 4 atom stereocenters. The third kappa shape index (κ3) is 10.8. The van der Waals surface area contributed by atoms with Crippen LogP contribution in [0, 0.1) is 18.8 Å². The van der Waals surface area contributed by atoms with E-state index in [1.54, 1.807) is 0 Å². The van der Waals surface area contributed by atoms with Gasteiger partial charge in [0.1, 0.15) is 42.6 Å². The van der Waals surface area contributed by atoms with E-state index in [1.807, 2.05) is 0 Å².